The first-order valence-corrected chi connectivity index (χ1v) is 14.6. The van der Waals surface area contributed by atoms with Gasteiger partial charge in [-0.25, -0.2) is 0 Å². The maximum absolute atomic E-state index is 4.59. The van der Waals surface area contributed by atoms with Crippen LogP contribution < -0.4 is 0 Å². The summed E-state index contributed by atoms with van der Waals surface area (Å²) in [6.07, 6.45) is 18.9. The summed E-state index contributed by atoms with van der Waals surface area (Å²) in [4.78, 5) is 0. The van der Waals surface area contributed by atoms with Crippen molar-refractivity contribution in [2.75, 3.05) is 0 Å². The molecule has 0 aromatic heterocycles. The molecule has 0 heteroatoms. The van der Waals surface area contributed by atoms with Crippen LogP contribution in [0, 0.1) is 56.7 Å². The molecule has 0 amide bonds. The standard InChI is InChI=1S/C32H54/c1-9-22(2)23-12-10-18-29(5)24(23)15-20-31(7)26(29)13-14-27-30(6)19-11-17-28(3,4)25(30)16-21-32(27,31)8/h23-27H,2,9-21H2,1,3-8H3. The second-order valence-electron chi connectivity index (χ2n) is 15.1. The van der Waals surface area contributed by atoms with E-state index in [0.29, 0.717) is 27.1 Å². The van der Waals surface area contributed by atoms with E-state index in [0.717, 1.165) is 29.6 Å². The fourth-order valence-corrected chi connectivity index (χ4v) is 12.3. The average Bonchev–Trinajstić information content (AvgIpc) is 2.72. The Morgan fingerprint density at radius 2 is 1.25 bits per heavy atom. The maximum Gasteiger partial charge on any atom is -0.0172 e. The van der Waals surface area contributed by atoms with E-state index in [2.05, 4.69) is 55.0 Å². The summed E-state index contributed by atoms with van der Waals surface area (Å²) in [5, 5.41) is 0. The first kappa shape index (κ1) is 23.5. The predicted molar refractivity (Wildman–Crippen MR) is 138 cm³/mol. The van der Waals surface area contributed by atoms with Crippen LogP contribution in [0.15, 0.2) is 12.2 Å². The third-order valence-corrected chi connectivity index (χ3v) is 13.9. The maximum atomic E-state index is 4.59. The first-order chi connectivity index (χ1) is 14.9. The van der Waals surface area contributed by atoms with Crippen molar-refractivity contribution in [1.29, 1.82) is 0 Å². The van der Waals surface area contributed by atoms with Crippen LogP contribution in [0.1, 0.15) is 132 Å². The molecular formula is C32H54. The van der Waals surface area contributed by atoms with Gasteiger partial charge in [0.1, 0.15) is 0 Å². The van der Waals surface area contributed by atoms with E-state index >= 15 is 0 Å². The zero-order valence-electron chi connectivity index (χ0n) is 22.8. The van der Waals surface area contributed by atoms with Gasteiger partial charge in [0.25, 0.3) is 0 Å². The Morgan fingerprint density at radius 1 is 0.656 bits per heavy atom. The van der Waals surface area contributed by atoms with Gasteiger partial charge in [0.2, 0.25) is 0 Å². The Hall–Kier alpha value is -0.260. The summed E-state index contributed by atoms with van der Waals surface area (Å²) in [6, 6.07) is 0. The van der Waals surface area contributed by atoms with Gasteiger partial charge in [-0.2, -0.15) is 0 Å². The molecule has 0 aromatic carbocycles. The van der Waals surface area contributed by atoms with Crippen LogP contribution in [0.5, 0.6) is 0 Å². The van der Waals surface area contributed by atoms with E-state index in [1.807, 2.05) is 0 Å². The highest BCUT2D eigenvalue weighted by Crippen LogP contribution is 2.77. The Kier molecular flexibility index (Phi) is 5.41. The molecule has 0 aromatic rings. The molecule has 0 spiro atoms. The van der Waals surface area contributed by atoms with Crippen LogP contribution in [0.4, 0.5) is 0 Å². The summed E-state index contributed by atoms with van der Waals surface area (Å²) < 4.78 is 0. The Bertz CT molecular complexity index is 760. The van der Waals surface area contributed by atoms with Crippen molar-refractivity contribution in [3.8, 4) is 0 Å². The van der Waals surface area contributed by atoms with Crippen LogP contribution in [0.3, 0.4) is 0 Å². The largest absolute Gasteiger partial charge is 0.0996 e. The minimum atomic E-state index is 0.534. The van der Waals surface area contributed by atoms with Crippen molar-refractivity contribution >= 4 is 0 Å². The van der Waals surface area contributed by atoms with Crippen molar-refractivity contribution in [3.05, 3.63) is 12.2 Å². The molecule has 0 bridgehead atoms. The predicted octanol–water partition coefficient (Wildman–Crippen LogP) is 9.83. The summed E-state index contributed by atoms with van der Waals surface area (Å²) in [7, 11) is 0. The van der Waals surface area contributed by atoms with E-state index in [-0.39, 0.29) is 0 Å². The van der Waals surface area contributed by atoms with Crippen LogP contribution in [-0.2, 0) is 0 Å². The van der Waals surface area contributed by atoms with Gasteiger partial charge in [-0.1, -0.05) is 73.5 Å². The van der Waals surface area contributed by atoms with Gasteiger partial charge in [0.05, 0.1) is 0 Å². The quantitative estimate of drug-likeness (QED) is 0.376. The lowest BCUT2D eigenvalue weighted by Crippen LogP contribution is -2.66. The molecule has 32 heavy (non-hydrogen) atoms. The smallest absolute Gasteiger partial charge is 0.0172 e. The normalized spacial score (nSPS) is 54.5. The molecule has 0 aliphatic heterocycles. The van der Waals surface area contributed by atoms with Gasteiger partial charge in [-0.05, 0) is 127 Å². The molecule has 182 valence electrons. The van der Waals surface area contributed by atoms with Crippen molar-refractivity contribution in [2.45, 2.75) is 132 Å². The van der Waals surface area contributed by atoms with Crippen molar-refractivity contribution in [1.82, 2.24) is 0 Å². The molecule has 0 heterocycles. The molecule has 0 nitrogen and oxygen atoms in total. The van der Waals surface area contributed by atoms with Gasteiger partial charge in [-0.3, -0.25) is 0 Å². The second kappa shape index (κ2) is 7.37. The second-order valence-corrected chi connectivity index (χ2v) is 15.1. The van der Waals surface area contributed by atoms with Crippen LogP contribution in [-0.4, -0.2) is 0 Å². The first-order valence-electron chi connectivity index (χ1n) is 14.6. The summed E-state index contributed by atoms with van der Waals surface area (Å²) >= 11 is 0. The fourth-order valence-electron chi connectivity index (χ4n) is 12.3. The van der Waals surface area contributed by atoms with Crippen LogP contribution >= 0.6 is 0 Å². The lowest BCUT2D eigenvalue weighted by Gasteiger charge is -2.74. The zero-order chi connectivity index (χ0) is 23.2. The molecule has 5 aliphatic rings. The van der Waals surface area contributed by atoms with Gasteiger partial charge < -0.3 is 0 Å². The molecule has 5 fully saturated rings. The van der Waals surface area contributed by atoms with Crippen LogP contribution in [0.2, 0.25) is 0 Å². The Morgan fingerprint density at radius 3 is 1.91 bits per heavy atom. The highest BCUT2D eigenvalue weighted by molar-refractivity contribution is 5.20. The van der Waals surface area contributed by atoms with Gasteiger partial charge in [-0.15, -0.1) is 0 Å². The van der Waals surface area contributed by atoms with E-state index < -0.39 is 0 Å². The number of hydrogen-bond donors (Lipinski definition) is 0. The Balaban J connectivity index is 1.52. The molecule has 0 radical (unpaired) electrons. The van der Waals surface area contributed by atoms with Crippen molar-refractivity contribution in [2.24, 2.45) is 56.7 Å². The monoisotopic (exact) mass is 438 g/mol. The number of rotatable bonds is 2. The topological polar surface area (TPSA) is 0 Å². The average molecular weight is 439 g/mol. The minimum Gasteiger partial charge on any atom is -0.0996 e. The number of fused-ring (bicyclic) bond motifs is 7. The lowest BCUT2D eigenvalue weighted by atomic mass is 9.31. The Labute approximate surface area is 200 Å². The molecule has 9 unspecified atom stereocenters. The van der Waals surface area contributed by atoms with Gasteiger partial charge in [0, 0.05) is 0 Å². The number of hydrogen-bond acceptors (Lipinski definition) is 0. The molecule has 5 saturated carbocycles. The third kappa shape index (κ3) is 2.86. The van der Waals surface area contributed by atoms with Crippen molar-refractivity contribution in [3.63, 3.8) is 0 Å². The SMILES string of the molecule is C=C(CC)C1CCCC2(C)C1CCC1(C)C2CCC2C3(C)CCCC(C)(C)C3CCC21C. The minimum absolute atomic E-state index is 0.534. The summed E-state index contributed by atoms with van der Waals surface area (Å²) in [6.45, 7) is 23.3. The summed E-state index contributed by atoms with van der Waals surface area (Å²) in [5.74, 6) is 4.53. The third-order valence-electron chi connectivity index (χ3n) is 13.9. The van der Waals surface area contributed by atoms with E-state index in [1.54, 1.807) is 5.57 Å². The highest BCUT2D eigenvalue weighted by atomic mass is 14.7. The molecule has 5 aliphatic carbocycles. The fraction of sp³-hybridized carbons (Fsp3) is 0.938. The molecule has 0 N–H and O–H groups in total. The highest BCUT2D eigenvalue weighted by Gasteiger charge is 2.69. The number of allylic oxidation sites excluding steroid dienone is 1. The molecule has 5 rings (SSSR count). The van der Waals surface area contributed by atoms with Gasteiger partial charge >= 0.3 is 0 Å². The van der Waals surface area contributed by atoms with Gasteiger partial charge in [0.15, 0.2) is 0 Å². The molecule has 0 saturated heterocycles. The molecule has 9 atom stereocenters. The molecular weight excluding hydrogens is 384 g/mol. The zero-order valence-corrected chi connectivity index (χ0v) is 22.8. The van der Waals surface area contributed by atoms with E-state index in [1.165, 1.54) is 83.5 Å². The van der Waals surface area contributed by atoms with E-state index in [4.69, 9.17) is 0 Å². The summed E-state index contributed by atoms with van der Waals surface area (Å²) in [5.41, 5.74) is 4.32. The van der Waals surface area contributed by atoms with Crippen molar-refractivity contribution < 1.29 is 0 Å². The van der Waals surface area contributed by atoms with Crippen LogP contribution in [0.25, 0.3) is 0 Å². The lowest BCUT2D eigenvalue weighted by molar-refractivity contribution is -0.249. The van der Waals surface area contributed by atoms with E-state index in [9.17, 15) is 0 Å².